The first-order valence-corrected chi connectivity index (χ1v) is 10.5. The Bertz CT molecular complexity index is 1030. The highest BCUT2D eigenvalue weighted by Crippen LogP contribution is 2.32. The third-order valence-corrected chi connectivity index (χ3v) is 5.54. The summed E-state index contributed by atoms with van der Waals surface area (Å²) in [5.74, 6) is 1.58. The van der Waals surface area contributed by atoms with Crippen LogP contribution in [0.2, 0.25) is 0 Å². The second-order valence-corrected chi connectivity index (χ2v) is 7.93. The molecular formula is C23H25N3O3S. The predicted octanol–water partition coefficient (Wildman–Crippen LogP) is 4.82. The van der Waals surface area contributed by atoms with Crippen LogP contribution < -0.4 is 14.8 Å². The minimum Gasteiger partial charge on any atom is -0.497 e. The third-order valence-electron chi connectivity index (χ3n) is 4.62. The van der Waals surface area contributed by atoms with Crippen molar-refractivity contribution in [3.05, 3.63) is 59.2 Å². The fraction of sp³-hybridized carbons (Fsp3) is 0.261. The van der Waals surface area contributed by atoms with E-state index in [1.54, 1.807) is 14.2 Å². The van der Waals surface area contributed by atoms with Crippen molar-refractivity contribution >= 4 is 23.4 Å². The van der Waals surface area contributed by atoms with Gasteiger partial charge < -0.3 is 14.8 Å². The Kier molecular flexibility index (Phi) is 6.95. The van der Waals surface area contributed by atoms with Crippen LogP contribution in [-0.2, 0) is 4.79 Å². The van der Waals surface area contributed by atoms with Gasteiger partial charge in [-0.25, -0.2) is 0 Å². The number of amides is 1. The van der Waals surface area contributed by atoms with Crippen molar-refractivity contribution in [2.75, 3.05) is 25.3 Å². The van der Waals surface area contributed by atoms with Crippen molar-refractivity contribution in [1.29, 1.82) is 0 Å². The number of methoxy groups -OCH3 is 2. The van der Waals surface area contributed by atoms with Crippen LogP contribution in [0.1, 0.15) is 16.7 Å². The minimum atomic E-state index is -0.0737. The number of aryl methyl sites for hydroxylation is 3. The number of rotatable bonds is 7. The molecule has 2 aromatic carbocycles. The average Bonchev–Trinajstić information content (AvgIpc) is 2.74. The van der Waals surface area contributed by atoms with Crippen LogP contribution in [-0.4, -0.2) is 36.1 Å². The third kappa shape index (κ3) is 5.10. The molecule has 7 heteroatoms. The van der Waals surface area contributed by atoms with Crippen molar-refractivity contribution in [3.8, 4) is 22.8 Å². The predicted molar refractivity (Wildman–Crippen MR) is 121 cm³/mol. The van der Waals surface area contributed by atoms with Crippen LogP contribution in [0.4, 0.5) is 5.69 Å². The van der Waals surface area contributed by atoms with E-state index < -0.39 is 0 Å². The van der Waals surface area contributed by atoms with E-state index in [9.17, 15) is 4.79 Å². The normalized spacial score (nSPS) is 10.6. The van der Waals surface area contributed by atoms with Crippen molar-refractivity contribution in [2.45, 2.75) is 25.8 Å². The highest BCUT2D eigenvalue weighted by molar-refractivity contribution is 7.99. The Morgan fingerprint density at radius 3 is 2.30 bits per heavy atom. The Morgan fingerprint density at radius 2 is 1.70 bits per heavy atom. The SMILES string of the molecule is COc1ccc(OC)c(-c2ccc(SCC(=O)Nc3c(C)cc(C)cc3C)nn2)c1. The molecule has 0 spiro atoms. The molecule has 0 aliphatic heterocycles. The lowest BCUT2D eigenvalue weighted by Crippen LogP contribution is -2.16. The number of hydrogen-bond donors (Lipinski definition) is 1. The maximum Gasteiger partial charge on any atom is 0.234 e. The standard InChI is InChI=1S/C23H25N3O3S/c1-14-10-15(2)23(16(3)11-14)24-21(27)13-30-22-9-7-19(25-26-22)18-12-17(28-4)6-8-20(18)29-5/h6-12H,13H2,1-5H3,(H,24,27). The molecule has 1 N–H and O–H groups in total. The van der Waals surface area contributed by atoms with E-state index in [1.807, 2.05) is 51.1 Å². The van der Waals surface area contributed by atoms with E-state index in [0.29, 0.717) is 22.2 Å². The number of hydrogen-bond acceptors (Lipinski definition) is 6. The van der Waals surface area contributed by atoms with Gasteiger partial charge in [0, 0.05) is 11.3 Å². The van der Waals surface area contributed by atoms with Crippen molar-refractivity contribution in [2.24, 2.45) is 0 Å². The van der Waals surface area contributed by atoms with Gasteiger partial charge >= 0.3 is 0 Å². The van der Waals surface area contributed by atoms with Crippen LogP contribution in [0.3, 0.4) is 0 Å². The fourth-order valence-electron chi connectivity index (χ4n) is 3.25. The molecule has 1 aromatic heterocycles. The molecule has 0 saturated heterocycles. The summed E-state index contributed by atoms with van der Waals surface area (Å²) in [6.07, 6.45) is 0. The number of nitrogens with zero attached hydrogens (tertiary/aromatic N) is 2. The maximum atomic E-state index is 12.4. The van der Waals surface area contributed by atoms with Gasteiger partial charge in [0.2, 0.25) is 5.91 Å². The maximum absolute atomic E-state index is 12.4. The molecule has 30 heavy (non-hydrogen) atoms. The van der Waals surface area contributed by atoms with Crippen LogP contribution in [0.25, 0.3) is 11.3 Å². The molecule has 0 fully saturated rings. The zero-order valence-electron chi connectivity index (χ0n) is 17.8. The molecule has 0 aliphatic rings. The summed E-state index contributed by atoms with van der Waals surface area (Å²) in [6.45, 7) is 6.05. The first kappa shape index (κ1) is 21.6. The van der Waals surface area contributed by atoms with Crippen LogP contribution >= 0.6 is 11.8 Å². The summed E-state index contributed by atoms with van der Waals surface area (Å²) in [7, 11) is 3.22. The number of anilines is 1. The van der Waals surface area contributed by atoms with Gasteiger partial charge in [-0.2, -0.15) is 0 Å². The molecule has 1 amide bonds. The minimum absolute atomic E-state index is 0.0737. The smallest absolute Gasteiger partial charge is 0.234 e. The zero-order valence-corrected chi connectivity index (χ0v) is 18.6. The Hall–Kier alpha value is -3.06. The molecule has 156 valence electrons. The molecule has 1 heterocycles. The van der Waals surface area contributed by atoms with Gasteiger partial charge in [0.15, 0.2) is 0 Å². The van der Waals surface area contributed by atoms with Gasteiger partial charge in [-0.15, -0.1) is 10.2 Å². The Morgan fingerprint density at radius 1 is 0.967 bits per heavy atom. The first-order valence-electron chi connectivity index (χ1n) is 9.48. The molecule has 3 aromatic rings. The largest absolute Gasteiger partial charge is 0.497 e. The lowest BCUT2D eigenvalue weighted by molar-refractivity contribution is -0.113. The number of aromatic nitrogens is 2. The zero-order chi connectivity index (χ0) is 21.7. The monoisotopic (exact) mass is 423 g/mol. The molecule has 0 bridgehead atoms. The van der Waals surface area contributed by atoms with Gasteiger partial charge in [-0.1, -0.05) is 29.5 Å². The van der Waals surface area contributed by atoms with E-state index in [4.69, 9.17) is 9.47 Å². The second kappa shape index (κ2) is 9.63. The summed E-state index contributed by atoms with van der Waals surface area (Å²) >= 11 is 1.34. The number of carbonyl (C=O) groups is 1. The summed E-state index contributed by atoms with van der Waals surface area (Å²) in [6, 6.07) is 13.4. The van der Waals surface area contributed by atoms with Crippen LogP contribution in [0.5, 0.6) is 11.5 Å². The van der Waals surface area contributed by atoms with Gasteiger partial charge in [0.1, 0.15) is 16.5 Å². The summed E-state index contributed by atoms with van der Waals surface area (Å²) in [4.78, 5) is 12.4. The van der Waals surface area contributed by atoms with E-state index in [2.05, 4.69) is 27.6 Å². The fourth-order valence-corrected chi connectivity index (χ4v) is 3.86. The van der Waals surface area contributed by atoms with E-state index in [0.717, 1.165) is 22.4 Å². The number of ether oxygens (including phenoxy) is 2. The van der Waals surface area contributed by atoms with Crippen molar-refractivity contribution in [3.63, 3.8) is 0 Å². The number of carbonyl (C=O) groups excluding carboxylic acids is 1. The first-order chi connectivity index (χ1) is 14.4. The van der Waals surface area contributed by atoms with Gasteiger partial charge in [-0.05, 0) is 62.2 Å². The van der Waals surface area contributed by atoms with E-state index in [-0.39, 0.29) is 11.7 Å². The average molecular weight is 424 g/mol. The van der Waals surface area contributed by atoms with Crippen LogP contribution in [0, 0.1) is 20.8 Å². The van der Waals surface area contributed by atoms with Gasteiger partial charge in [0.05, 0.1) is 25.7 Å². The lowest BCUT2D eigenvalue weighted by Gasteiger charge is -2.12. The molecule has 0 radical (unpaired) electrons. The number of benzene rings is 2. The van der Waals surface area contributed by atoms with Crippen LogP contribution in [0.15, 0.2) is 47.5 Å². The molecule has 6 nitrogen and oxygen atoms in total. The molecule has 0 aliphatic carbocycles. The second-order valence-electron chi connectivity index (χ2n) is 6.93. The number of nitrogens with one attached hydrogen (secondary N) is 1. The molecule has 3 rings (SSSR count). The topological polar surface area (TPSA) is 73.3 Å². The summed E-state index contributed by atoms with van der Waals surface area (Å²) in [5, 5.41) is 12.2. The number of thioether (sulfide) groups is 1. The van der Waals surface area contributed by atoms with E-state index >= 15 is 0 Å². The van der Waals surface area contributed by atoms with Crippen molar-refractivity contribution < 1.29 is 14.3 Å². The lowest BCUT2D eigenvalue weighted by atomic mass is 10.1. The quantitative estimate of drug-likeness (QED) is 0.550. The highest BCUT2D eigenvalue weighted by Gasteiger charge is 2.12. The Balaban J connectivity index is 1.66. The molecule has 0 unspecified atom stereocenters. The van der Waals surface area contributed by atoms with Gasteiger partial charge in [-0.3, -0.25) is 4.79 Å². The van der Waals surface area contributed by atoms with Gasteiger partial charge in [0.25, 0.3) is 0 Å². The molecule has 0 saturated carbocycles. The summed E-state index contributed by atoms with van der Waals surface area (Å²) < 4.78 is 10.7. The molecular weight excluding hydrogens is 398 g/mol. The molecule has 0 atom stereocenters. The van der Waals surface area contributed by atoms with E-state index in [1.165, 1.54) is 17.3 Å². The summed E-state index contributed by atoms with van der Waals surface area (Å²) in [5.41, 5.74) is 5.64. The Labute approximate surface area is 181 Å². The highest BCUT2D eigenvalue weighted by atomic mass is 32.2. The van der Waals surface area contributed by atoms with Crippen molar-refractivity contribution in [1.82, 2.24) is 10.2 Å².